The second-order valence-electron chi connectivity index (χ2n) is 8.30. The van der Waals surface area contributed by atoms with Gasteiger partial charge in [0.15, 0.2) is 0 Å². The second-order valence-corrected chi connectivity index (χ2v) is 8.30. The van der Waals surface area contributed by atoms with Gasteiger partial charge in [0.25, 0.3) is 0 Å². The third-order valence-corrected chi connectivity index (χ3v) is 5.42. The quantitative estimate of drug-likeness (QED) is 0.300. The molecule has 0 radical (unpaired) electrons. The Kier molecular flexibility index (Phi) is 4.78. The molecule has 0 N–H and O–H groups in total. The van der Waals surface area contributed by atoms with E-state index in [2.05, 4.69) is 24.9 Å². The highest BCUT2D eigenvalue weighted by Crippen LogP contribution is 2.40. The molecule has 0 fully saturated rings. The number of aromatic nitrogens is 1. The maximum Gasteiger partial charge on any atom is 0.136 e. The van der Waals surface area contributed by atoms with Crippen molar-refractivity contribution in [3.05, 3.63) is 90.1 Å². The summed E-state index contributed by atoms with van der Waals surface area (Å²) in [6.07, 6.45) is 2.75. The molecule has 0 aliphatic carbocycles. The number of hydrogen-bond donors (Lipinski definition) is 0. The molecule has 154 valence electrons. The van der Waals surface area contributed by atoms with Crippen molar-refractivity contribution in [1.82, 2.24) is 4.98 Å². The number of pyridine rings is 1. The summed E-state index contributed by atoms with van der Waals surface area (Å²) in [4.78, 5) is 4.56. The summed E-state index contributed by atoms with van der Waals surface area (Å²) in [6.45, 7) is 4.36. The van der Waals surface area contributed by atoms with Gasteiger partial charge in [-0.25, -0.2) is 8.78 Å². The number of hydrogen-bond acceptors (Lipinski definition) is 2. The van der Waals surface area contributed by atoms with Crippen molar-refractivity contribution in [2.24, 2.45) is 5.92 Å². The van der Waals surface area contributed by atoms with E-state index < -0.39 is 11.6 Å². The third-order valence-electron chi connectivity index (χ3n) is 5.42. The molecule has 3 aromatic carbocycles. The van der Waals surface area contributed by atoms with Crippen molar-refractivity contribution >= 4 is 21.9 Å². The fourth-order valence-corrected chi connectivity index (χ4v) is 4.17. The van der Waals surface area contributed by atoms with Crippen molar-refractivity contribution in [1.29, 1.82) is 0 Å². The maximum atomic E-state index is 14.1. The largest absolute Gasteiger partial charge is 0.456 e. The first-order valence-corrected chi connectivity index (χ1v) is 10.3. The van der Waals surface area contributed by atoms with Crippen LogP contribution in [0.1, 0.15) is 19.4 Å². The molecule has 2 heterocycles. The van der Waals surface area contributed by atoms with Crippen molar-refractivity contribution in [3.63, 3.8) is 0 Å². The van der Waals surface area contributed by atoms with Crippen LogP contribution in [0.2, 0.25) is 0 Å². The van der Waals surface area contributed by atoms with E-state index in [0.29, 0.717) is 22.6 Å². The van der Waals surface area contributed by atoms with E-state index in [1.807, 2.05) is 42.5 Å². The lowest BCUT2D eigenvalue weighted by molar-refractivity contribution is 0.584. The Bertz CT molecular complexity index is 1400. The van der Waals surface area contributed by atoms with Gasteiger partial charge < -0.3 is 4.42 Å². The highest BCUT2D eigenvalue weighted by Gasteiger charge is 2.17. The molecule has 2 nitrogen and oxygen atoms in total. The monoisotopic (exact) mass is 413 g/mol. The molecule has 0 spiro atoms. The van der Waals surface area contributed by atoms with Gasteiger partial charge in [-0.05, 0) is 71.5 Å². The van der Waals surface area contributed by atoms with E-state index >= 15 is 0 Å². The zero-order valence-electron chi connectivity index (χ0n) is 17.3. The molecule has 0 unspecified atom stereocenters. The first-order valence-electron chi connectivity index (χ1n) is 10.3. The fraction of sp³-hybridized carbons (Fsp3) is 0.148. The molecule has 0 aliphatic rings. The Morgan fingerprint density at radius 2 is 1.61 bits per heavy atom. The molecular formula is C27H21F2NO. The standard InChI is InChI=1S/C27H21F2NO/c1-16(2)9-17-7-8-30-24(10-17)19-13-23(18-11-20(28)15-21(29)12-18)27-22-5-3-4-6-25(22)31-26(27)14-19/h3-8,10-16H,9H2,1-2H3. The Balaban J connectivity index is 1.79. The van der Waals surface area contributed by atoms with Gasteiger partial charge in [-0.3, -0.25) is 4.98 Å². The van der Waals surface area contributed by atoms with E-state index in [1.165, 1.54) is 17.7 Å². The number of nitrogens with zero attached hydrogens (tertiary/aromatic N) is 1. The Morgan fingerprint density at radius 3 is 2.39 bits per heavy atom. The van der Waals surface area contributed by atoms with Gasteiger partial charge in [-0.1, -0.05) is 32.0 Å². The predicted molar refractivity (Wildman–Crippen MR) is 121 cm³/mol. The van der Waals surface area contributed by atoms with Crippen LogP contribution < -0.4 is 0 Å². The van der Waals surface area contributed by atoms with Crippen LogP contribution in [0, 0.1) is 17.6 Å². The molecular weight excluding hydrogens is 392 g/mol. The van der Waals surface area contributed by atoms with Crippen molar-refractivity contribution in [3.8, 4) is 22.4 Å². The molecule has 0 aliphatic heterocycles. The molecule has 2 aromatic heterocycles. The molecule has 5 aromatic rings. The Labute approximate surface area is 179 Å². The minimum atomic E-state index is -0.613. The highest BCUT2D eigenvalue weighted by atomic mass is 19.1. The number of furan rings is 1. The molecule has 0 atom stereocenters. The minimum Gasteiger partial charge on any atom is -0.456 e. The zero-order valence-corrected chi connectivity index (χ0v) is 17.3. The molecule has 31 heavy (non-hydrogen) atoms. The zero-order chi connectivity index (χ0) is 21.5. The number of rotatable bonds is 4. The topological polar surface area (TPSA) is 26.0 Å². The predicted octanol–water partition coefficient (Wildman–Crippen LogP) is 7.79. The summed E-state index contributed by atoms with van der Waals surface area (Å²) in [6, 6.07) is 19.3. The van der Waals surface area contributed by atoms with Gasteiger partial charge in [0.1, 0.15) is 22.8 Å². The molecule has 0 amide bonds. The molecule has 0 bridgehead atoms. The molecule has 0 saturated heterocycles. The van der Waals surface area contributed by atoms with Crippen LogP contribution in [-0.2, 0) is 6.42 Å². The van der Waals surface area contributed by atoms with Gasteiger partial charge in [0.2, 0.25) is 0 Å². The number of benzene rings is 3. The van der Waals surface area contributed by atoms with Crippen LogP contribution in [0.3, 0.4) is 0 Å². The van der Waals surface area contributed by atoms with E-state index in [4.69, 9.17) is 4.42 Å². The van der Waals surface area contributed by atoms with Crippen molar-refractivity contribution in [2.75, 3.05) is 0 Å². The summed E-state index contributed by atoms with van der Waals surface area (Å²) < 4.78 is 34.3. The SMILES string of the molecule is CC(C)Cc1ccnc(-c2cc(-c3cc(F)cc(F)c3)c3c(c2)oc2ccccc23)c1. The van der Waals surface area contributed by atoms with E-state index in [1.54, 1.807) is 6.20 Å². The van der Waals surface area contributed by atoms with Crippen LogP contribution >= 0.6 is 0 Å². The van der Waals surface area contributed by atoms with E-state index in [0.717, 1.165) is 40.1 Å². The van der Waals surface area contributed by atoms with Gasteiger partial charge in [0.05, 0.1) is 5.69 Å². The lowest BCUT2D eigenvalue weighted by atomic mass is 9.95. The van der Waals surface area contributed by atoms with Gasteiger partial charge >= 0.3 is 0 Å². The summed E-state index contributed by atoms with van der Waals surface area (Å²) in [7, 11) is 0. The highest BCUT2D eigenvalue weighted by molar-refractivity contribution is 6.13. The first-order chi connectivity index (χ1) is 15.0. The molecule has 5 rings (SSSR count). The minimum absolute atomic E-state index is 0.467. The van der Waals surface area contributed by atoms with Crippen LogP contribution in [0.25, 0.3) is 44.3 Å². The van der Waals surface area contributed by atoms with E-state index in [9.17, 15) is 8.78 Å². The smallest absolute Gasteiger partial charge is 0.136 e. The Morgan fingerprint density at radius 1 is 0.839 bits per heavy atom. The van der Waals surface area contributed by atoms with Crippen LogP contribution in [0.15, 0.2) is 77.3 Å². The van der Waals surface area contributed by atoms with Gasteiger partial charge in [-0.15, -0.1) is 0 Å². The lowest BCUT2D eigenvalue weighted by Gasteiger charge is -2.10. The number of halogens is 2. The average Bonchev–Trinajstić information content (AvgIpc) is 3.10. The van der Waals surface area contributed by atoms with Gasteiger partial charge in [-0.2, -0.15) is 0 Å². The average molecular weight is 413 g/mol. The molecule has 0 saturated carbocycles. The summed E-state index contributed by atoms with van der Waals surface area (Å²) in [5.41, 5.74) is 5.42. The second kappa shape index (κ2) is 7.62. The fourth-order valence-electron chi connectivity index (χ4n) is 4.17. The van der Waals surface area contributed by atoms with Gasteiger partial charge in [0, 0.05) is 28.6 Å². The molecule has 4 heteroatoms. The lowest BCUT2D eigenvalue weighted by Crippen LogP contribution is -1.95. The summed E-state index contributed by atoms with van der Waals surface area (Å²) in [5, 5.41) is 1.74. The first kappa shape index (κ1) is 19.4. The maximum absolute atomic E-state index is 14.1. The van der Waals surface area contributed by atoms with Crippen molar-refractivity contribution in [2.45, 2.75) is 20.3 Å². The summed E-state index contributed by atoms with van der Waals surface area (Å²) >= 11 is 0. The van der Waals surface area contributed by atoms with Crippen LogP contribution in [0.5, 0.6) is 0 Å². The normalized spacial score (nSPS) is 11.6. The van der Waals surface area contributed by atoms with E-state index in [-0.39, 0.29) is 0 Å². The van der Waals surface area contributed by atoms with Crippen LogP contribution in [0.4, 0.5) is 8.78 Å². The number of para-hydroxylation sites is 1. The summed E-state index contributed by atoms with van der Waals surface area (Å²) in [5.74, 6) is -0.698. The number of fused-ring (bicyclic) bond motifs is 3. The third kappa shape index (κ3) is 3.70. The van der Waals surface area contributed by atoms with Crippen molar-refractivity contribution < 1.29 is 13.2 Å². The van der Waals surface area contributed by atoms with Crippen LogP contribution in [-0.4, -0.2) is 4.98 Å². The Hall–Kier alpha value is -3.53.